The van der Waals surface area contributed by atoms with Crippen LogP contribution in [-0.2, 0) is 18.2 Å². The predicted molar refractivity (Wildman–Crippen MR) is 49.7 cm³/mol. The smallest absolute Gasteiger partial charge is 0.138 e. The first-order valence-electron chi connectivity index (χ1n) is 4.83. The van der Waals surface area contributed by atoms with Crippen LogP contribution >= 0.6 is 0 Å². The molecule has 1 aliphatic heterocycles. The van der Waals surface area contributed by atoms with Crippen molar-refractivity contribution in [3.63, 3.8) is 0 Å². The first-order valence-corrected chi connectivity index (χ1v) is 4.83. The average molecular weight is 197 g/mol. The molecule has 1 saturated heterocycles. The van der Waals surface area contributed by atoms with Crippen LogP contribution in [0.15, 0.2) is 6.33 Å². The molecule has 0 bridgehead atoms. The molecular weight excluding hydrogens is 182 g/mol. The Balaban J connectivity index is 2.05. The minimum absolute atomic E-state index is 0.403. The van der Waals surface area contributed by atoms with Gasteiger partial charge in [0.15, 0.2) is 0 Å². The Morgan fingerprint density at radius 1 is 1.71 bits per heavy atom. The number of hydrogen-bond acceptors (Lipinski definition) is 4. The number of hydrogen-bond donors (Lipinski definition) is 1. The normalized spacial score (nSPS) is 27.9. The molecule has 2 heterocycles. The average Bonchev–Trinajstić information content (AvgIpc) is 2.52. The molecule has 5 heteroatoms. The second kappa shape index (κ2) is 3.67. The summed E-state index contributed by atoms with van der Waals surface area (Å²) in [5.41, 5.74) is -0.751. The van der Waals surface area contributed by atoms with Crippen LogP contribution in [0, 0.1) is 0 Å². The van der Waals surface area contributed by atoms with Crippen molar-refractivity contribution in [3.8, 4) is 0 Å². The Morgan fingerprint density at radius 2 is 2.57 bits per heavy atom. The van der Waals surface area contributed by atoms with Crippen LogP contribution in [0.2, 0.25) is 0 Å². The van der Waals surface area contributed by atoms with E-state index in [4.69, 9.17) is 4.74 Å². The molecule has 1 atom stereocenters. The molecule has 1 aromatic heterocycles. The van der Waals surface area contributed by atoms with Crippen molar-refractivity contribution in [1.82, 2.24) is 14.8 Å². The molecule has 1 N–H and O–H groups in total. The Labute approximate surface area is 82.7 Å². The largest absolute Gasteiger partial charge is 0.387 e. The van der Waals surface area contributed by atoms with Gasteiger partial charge in [-0.3, -0.25) is 4.68 Å². The minimum atomic E-state index is -0.751. The SMILES string of the molecule is Cn1ncnc1CC1(O)CCCOC1. The molecule has 78 valence electrons. The monoisotopic (exact) mass is 197 g/mol. The van der Waals surface area contributed by atoms with Gasteiger partial charge in [0.2, 0.25) is 0 Å². The molecule has 0 spiro atoms. The topological polar surface area (TPSA) is 60.2 Å². The van der Waals surface area contributed by atoms with Crippen molar-refractivity contribution in [2.45, 2.75) is 24.9 Å². The maximum Gasteiger partial charge on any atom is 0.138 e. The molecular formula is C9H15N3O2. The fraction of sp³-hybridized carbons (Fsp3) is 0.778. The van der Waals surface area contributed by atoms with Crippen LogP contribution in [0.1, 0.15) is 18.7 Å². The maximum absolute atomic E-state index is 10.2. The number of aryl methyl sites for hydroxylation is 1. The van der Waals surface area contributed by atoms with Gasteiger partial charge in [-0.1, -0.05) is 0 Å². The minimum Gasteiger partial charge on any atom is -0.387 e. The maximum atomic E-state index is 10.2. The Kier molecular flexibility index (Phi) is 2.52. The second-order valence-corrected chi connectivity index (χ2v) is 3.86. The van der Waals surface area contributed by atoms with Gasteiger partial charge >= 0.3 is 0 Å². The van der Waals surface area contributed by atoms with E-state index in [9.17, 15) is 5.11 Å². The highest BCUT2D eigenvalue weighted by molar-refractivity contribution is 4.95. The Bertz CT molecular complexity index is 305. The van der Waals surface area contributed by atoms with Crippen molar-refractivity contribution in [2.24, 2.45) is 7.05 Å². The predicted octanol–water partition coefficient (Wildman–Crippen LogP) is -0.101. The number of ether oxygens (including phenoxy) is 1. The van der Waals surface area contributed by atoms with Crippen LogP contribution in [0.5, 0.6) is 0 Å². The summed E-state index contributed by atoms with van der Waals surface area (Å²) in [4.78, 5) is 4.09. The summed E-state index contributed by atoms with van der Waals surface area (Å²) < 4.78 is 6.95. The summed E-state index contributed by atoms with van der Waals surface area (Å²) in [6, 6.07) is 0. The van der Waals surface area contributed by atoms with Gasteiger partial charge in [0.1, 0.15) is 12.2 Å². The molecule has 5 nitrogen and oxygen atoms in total. The van der Waals surface area contributed by atoms with Crippen LogP contribution in [-0.4, -0.2) is 38.7 Å². The molecule has 1 unspecified atom stereocenters. The summed E-state index contributed by atoms with van der Waals surface area (Å²) in [7, 11) is 1.83. The lowest BCUT2D eigenvalue weighted by atomic mass is 9.93. The summed E-state index contributed by atoms with van der Waals surface area (Å²) in [5.74, 6) is 0.804. The summed E-state index contributed by atoms with van der Waals surface area (Å²) in [5, 5.41) is 14.1. The quantitative estimate of drug-likeness (QED) is 0.719. The third kappa shape index (κ3) is 1.93. The van der Waals surface area contributed by atoms with E-state index < -0.39 is 5.60 Å². The van der Waals surface area contributed by atoms with Crippen LogP contribution in [0.25, 0.3) is 0 Å². The summed E-state index contributed by atoms with van der Waals surface area (Å²) >= 11 is 0. The van der Waals surface area contributed by atoms with Crippen molar-refractivity contribution in [2.75, 3.05) is 13.2 Å². The molecule has 14 heavy (non-hydrogen) atoms. The first kappa shape index (κ1) is 9.61. The third-order valence-corrected chi connectivity index (χ3v) is 2.59. The Morgan fingerprint density at radius 3 is 3.14 bits per heavy atom. The lowest BCUT2D eigenvalue weighted by Crippen LogP contribution is -2.41. The zero-order valence-corrected chi connectivity index (χ0v) is 8.31. The number of aliphatic hydroxyl groups is 1. The van der Waals surface area contributed by atoms with E-state index in [2.05, 4.69) is 10.1 Å². The number of aromatic nitrogens is 3. The standard InChI is InChI=1S/C9H15N3O2/c1-12-8(10-7-11-12)5-9(13)3-2-4-14-6-9/h7,13H,2-6H2,1H3. The van der Waals surface area contributed by atoms with Gasteiger partial charge in [0.05, 0.1) is 12.2 Å². The van der Waals surface area contributed by atoms with Gasteiger partial charge in [-0.15, -0.1) is 0 Å². The van der Waals surface area contributed by atoms with Crippen molar-refractivity contribution >= 4 is 0 Å². The summed E-state index contributed by atoms with van der Waals surface area (Å²) in [6.07, 6.45) is 3.71. The van der Waals surface area contributed by atoms with Crippen molar-refractivity contribution < 1.29 is 9.84 Å². The second-order valence-electron chi connectivity index (χ2n) is 3.86. The molecule has 1 fully saturated rings. The first-order chi connectivity index (χ1) is 6.70. The van der Waals surface area contributed by atoms with Gasteiger partial charge in [0, 0.05) is 20.1 Å². The lowest BCUT2D eigenvalue weighted by molar-refractivity contribution is -0.0858. The molecule has 0 aromatic carbocycles. The van der Waals surface area contributed by atoms with Gasteiger partial charge in [-0.2, -0.15) is 5.10 Å². The highest BCUT2D eigenvalue weighted by atomic mass is 16.5. The van der Waals surface area contributed by atoms with E-state index in [1.807, 2.05) is 7.05 Å². The lowest BCUT2D eigenvalue weighted by Gasteiger charge is -2.31. The van der Waals surface area contributed by atoms with Crippen LogP contribution in [0.4, 0.5) is 0 Å². The van der Waals surface area contributed by atoms with E-state index in [1.165, 1.54) is 6.33 Å². The van der Waals surface area contributed by atoms with E-state index in [-0.39, 0.29) is 0 Å². The fourth-order valence-corrected chi connectivity index (χ4v) is 1.75. The molecule has 1 aliphatic rings. The number of nitrogens with zero attached hydrogens (tertiary/aromatic N) is 3. The third-order valence-electron chi connectivity index (χ3n) is 2.59. The molecule has 0 radical (unpaired) electrons. The van der Waals surface area contributed by atoms with E-state index in [0.717, 1.165) is 25.3 Å². The Hall–Kier alpha value is -0.940. The van der Waals surface area contributed by atoms with E-state index in [0.29, 0.717) is 13.0 Å². The zero-order valence-electron chi connectivity index (χ0n) is 8.31. The van der Waals surface area contributed by atoms with Gasteiger partial charge in [0.25, 0.3) is 0 Å². The van der Waals surface area contributed by atoms with E-state index >= 15 is 0 Å². The highest BCUT2D eigenvalue weighted by Crippen LogP contribution is 2.22. The van der Waals surface area contributed by atoms with Gasteiger partial charge < -0.3 is 9.84 Å². The molecule has 1 aromatic rings. The van der Waals surface area contributed by atoms with Crippen LogP contribution < -0.4 is 0 Å². The fourth-order valence-electron chi connectivity index (χ4n) is 1.75. The highest BCUT2D eigenvalue weighted by Gasteiger charge is 2.31. The molecule has 0 aliphatic carbocycles. The van der Waals surface area contributed by atoms with Crippen LogP contribution in [0.3, 0.4) is 0 Å². The van der Waals surface area contributed by atoms with Crippen molar-refractivity contribution in [3.05, 3.63) is 12.2 Å². The molecule has 0 amide bonds. The zero-order chi connectivity index (χ0) is 10.0. The van der Waals surface area contributed by atoms with Gasteiger partial charge in [-0.05, 0) is 12.8 Å². The van der Waals surface area contributed by atoms with E-state index in [1.54, 1.807) is 4.68 Å². The van der Waals surface area contributed by atoms with Gasteiger partial charge in [-0.25, -0.2) is 4.98 Å². The molecule has 2 rings (SSSR count). The molecule has 0 saturated carbocycles. The van der Waals surface area contributed by atoms with Crippen molar-refractivity contribution in [1.29, 1.82) is 0 Å². The number of rotatable bonds is 2. The summed E-state index contributed by atoms with van der Waals surface area (Å²) in [6.45, 7) is 1.15.